The number of nitrogens with one attached hydrogen (secondary N) is 2. The summed E-state index contributed by atoms with van der Waals surface area (Å²) in [5.74, 6) is 2.35. The lowest BCUT2D eigenvalue weighted by Gasteiger charge is -2.30. The summed E-state index contributed by atoms with van der Waals surface area (Å²) in [7, 11) is 0. The van der Waals surface area contributed by atoms with Gasteiger partial charge < -0.3 is 5.32 Å². The maximum Gasteiger partial charge on any atom is 0.198 e. The van der Waals surface area contributed by atoms with E-state index in [2.05, 4.69) is 67.3 Å². The first-order valence-corrected chi connectivity index (χ1v) is 11.7. The van der Waals surface area contributed by atoms with Gasteiger partial charge in [0.05, 0.1) is 5.56 Å². The van der Waals surface area contributed by atoms with E-state index in [0.29, 0.717) is 11.6 Å². The Morgan fingerprint density at radius 3 is 2.84 bits per heavy atom. The zero-order valence-electron chi connectivity index (χ0n) is 17.8. The fourth-order valence-corrected chi connectivity index (χ4v) is 5.72. The average molecular weight is 413 g/mol. The van der Waals surface area contributed by atoms with Crippen LogP contribution in [0.15, 0.2) is 36.4 Å². The molecule has 4 aromatic rings. The number of hydrogen-bond acceptors (Lipinski definition) is 5. The molecule has 2 unspecified atom stereocenters. The van der Waals surface area contributed by atoms with Crippen molar-refractivity contribution in [2.75, 3.05) is 11.9 Å². The van der Waals surface area contributed by atoms with Gasteiger partial charge in [-0.3, -0.25) is 0 Å². The SMILES string of the molecule is c1cc2c3ccc(cc3c1)-c1c(nnc3[nH]nnc13)NCCCCCC1CCCC2C1. The maximum absolute atomic E-state index is 4.47. The van der Waals surface area contributed by atoms with Crippen molar-refractivity contribution in [2.24, 2.45) is 5.92 Å². The molecule has 2 N–H and O–H groups in total. The molecule has 6 bridgehead atoms. The zero-order valence-corrected chi connectivity index (χ0v) is 17.8. The Morgan fingerprint density at radius 2 is 1.84 bits per heavy atom. The van der Waals surface area contributed by atoms with Crippen LogP contribution in [0.5, 0.6) is 0 Å². The second-order valence-corrected chi connectivity index (χ2v) is 9.22. The molecular formula is C25H28N6. The second-order valence-electron chi connectivity index (χ2n) is 9.22. The summed E-state index contributed by atoms with van der Waals surface area (Å²) >= 11 is 0. The van der Waals surface area contributed by atoms with Gasteiger partial charge in [-0.1, -0.05) is 67.6 Å². The minimum absolute atomic E-state index is 0.622. The van der Waals surface area contributed by atoms with Gasteiger partial charge in [0.2, 0.25) is 0 Å². The van der Waals surface area contributed by atoms with E-state index in [1.165, 1.54) is 61.3 Å². The molecule has 3 aliphatic rings. The molecule has 158 valence electrons. The van der Waals surface area contributed by atoms with Crippen LogP contribution < -0.4 is 5.32 Å². The molecule has 1 saturated carbocycles. The number of nitrogens with zero attached hydrogens (tertiary/aromatic N) is 4. The molecule has 1 aliphatic carbocycles. The van der Waals surface area contributed by atoms with Gasteiger partial charge in [0.15, 0.2) is 11.5 Å². The van der Waals surface area contributed by atoms with E-state index in [4.69, 9.17) is 0 Å². The molecule has 31 heavy (non-hydrogen) atoms. The van der Waals surface area contributed by atoms with Crippen molar-refractivity contribution < 1.29 is 0 Å². The quantitative estimate of drug-likeness (QED) is 0.380. The first-order valence-electron chi connectivity index (χ1n) is 11.7. The van der Waals surface area contributed by atoms with E-state index in [-0.39, 0.29) is 0 Å². The molecule has 6 heteroatoms. The number of anilines is 1. The highest BCUT2D eigenvalue weighted by atomic mass is 15.4. The molecule has 2 atom stereocenters. The van der Waals surface area contributed by atoms with Crippen LogP contribution in [0.1, 0.15) is 62.8 Å². The highest BCUT2D eigenvalue weighted by Gasteiger charge is 2.25. The van der Waals surface area contributed by atoms with E-state index in [0.717, 1.165) is 41.3 Å². The van der Waals surface area contributed by atoms with E-state index < -0.39 is 0 Å². The topological polar surface area (TPSA) is 79.4 Å². The Bertz CT molecular complexity index is 1230. The monoisotopic (exact) mass is 412 g/mol. The van der Waals surface area contributed by atoms with Gasteiger partial charge in [0, 0.05) is 6.54 Å². The van der Waals surface area contributed by atoms with Crippen molar-refractivity contribution in [3.8, 4) is 11.1 Å². The summed E-state index contributed by atoms with van der Waals surface area (Å²) in [6.45, 7) is 0.899. The van der Waals surface area contributed by atoms with Gasteiger partial charge in [-0.2, -0.15) is 0 Å². The van der Waals surface area contributed by atoms with Crippen molar-refractivity contribution in [1.82, 2.24) is 25.6 Å². The van der Waals surface area contributed by atoms with Crippen LogP contribution in [0.25, 0.3) is 33.1 Å². The predicted octanol–water partition coefficient (Wildman–Crippen LogP) is 5.83. The summed E-state index contributed by atoms with van der Waals surface area (Å²) in [6.07, 6.45) is 10.5. The molecular weight excluding hydrogens is 384 g/mol. The van der Waals surface area contributed by atoms with Crippen LogP contribution >= 0.6 is 0 Å². The fourth-order valence-electron chi connectivity index (χ4n) is 5.72. The van der Waals surface area contributed by atoms with Gasteiger partial charge in [-0.05, 0) is 59.1 Å². The number of fused-ring (bicyclic) bond motifs is 7. The van der Waals surface area contributed by atoms with E-state index >= 15 is 0 Å². The summed E-state index contributed by atoms with van der Waals surface area (Å²) in [5, 5.41) is 26.1. The van der Waals surface area contributed by atoms with Crippen molar-refractivity contribution in [3.05, 3.63) is 42.0 Å². The van der Waals surface area contributed by atoms with Crippen molar-refractivity contribution in [2.45, 2.75) is 57.3 Å². The summed E-state index contributed by atoms with van der Waals surface area (Å²) in [4.78, 5) is 0. The van der Waals surface area contributed by atoms with Crippen molar-refractivity contribution in [3.63, 3.8) is 0 Å². The Labute approximate surface area is 181 Å². The molecule has 0 saturated heterocycles. The minimum Gasteiger partial charge on any atom is -0.368 e. The van der Waals surface area contributed by atoms with Gasteiger partial charge in [-0.25, -0.2) is 5.10 Å². The van der Waals surface area contributed by atoms with Gasteiger partial charge in [0.1, 0.15) is 5.52 Å². The lowest BCUT2D eigenvalue weighted by molar-refractivity contribution is 0.299. The molecule has 2 aromatic heterocycles. The summed E-state index contributed by atoms with van der Waals surface area (Å²) in [6, 6.07) is 13.6. The van der Waals surface area contributed by atoms with Crippen LogP contribution in [0.2, 0.25) is 0 Å². The molecule has 0 spiro atoms. The van der Waals surface area contributed by atoms with Crippen LogP contribution in [0.3, 0.4) is 0 Å². The van der Waals surface area contributed by atoms with Crippen LogP contribution in [0, 0.1) is 5.92 Å². The number of aromatic nitrogens is 5. The van der Waals surface area contributed by atoms with Crippen molar-refractivity contribution in [1.29, 1.82) is 0 Å². The lowest BCUT2D eigenvalue weighted by atomic mass is 9.75. The first kappa shape index (κ1) is 18.7. The number of hydrogen-bond donors (Lipinski definition) is 2. The highest BCUT2D eigenvalue weighted by molar-refractivity contribution is 5.99. The third kappa shape index (κ3) is 3.44. The maximum atomic E-state index is 4.47. The number of rotatable bonds is 0. The molecule has 0 radical (unpaired) electrons. The lowest BCUT2D eigenvalue weighted by Crippen LogP contribution is -2.15. The molecule has 6 nitrogen and oxygen atoms in total. The van der Waals surface area contributed by atoms with Gasteiger partial charge in [0.25, 0.3) is 0 Å². The van der Waals surface area contributed by atoms with E-state index in [9.17, 15) is 0 Å². The third-order valence-corrected chi connectivity index (χ3v) is 7.26. The van der Waals surface area contributed by atoms with Crippen LogP contribution in [0.4, 0.5) is 5.82 Å². The van der Waals surface area contributed by atoms with E-state index in [1.54, 1.807) is 0 Å². The standard InChI is InChI=1S/C25H28N6/c1-2-6-16-7-4-8-17(14-16)20-10-5-9-18-15-19(11-12-21(18)20)22-23-25(30-31-27-23)29-28-24(22)26-13-3-1/h5,9-12,15-17H,1-4,6-8,13-14H2,(H,26,28)(H,27,29,30,31). The van der Waals surface area contributed by atoms with Crippen molar-refractivity contribution >= 4 is 27.8 Å². The third-order valence-electron chi connectivity index (χ3n) is 7.26. The Kier molecular flexibility index (Phi) is 4.78. The minimum atomic E-state index is 0.622. The highest BCUT2D eigenvalue weighted by Crippen LogP contribution is 2.42. The van der Waals surface area contributed by atoms with Gasteiger partial charge in [-0.15, -0.1) is 15.3 Å². The van der Waals surface area contributed by atoms with Crippen LogP contribution in [-0.4, -0.2) is 32.2 Å². The van der Waals surface area contributed by atoms with Gasteiger partial charge >= 0.3 is 0 Å². The Hall–Kier alpha value is -3.02. The number of aromatic amines is 1. The molecule has 4 heterocycles. The molecule has 0 amide bonds. The smallest absolute Gasteiger partial charge is 0.198 e. The molecule has 1 fully saturated rings. The van der Waals surface area contributed by atoms with Crippen LogP contribution in [-0.2, 0) is 0 Å². The largest absolute Gasteiger partial charge is 0.368 e. The Balaban J connectivity index is 1.52. The number of benzene rings is 2. The fraction of sp³-hybridized carbons (Fsp3) is 0.440. The molecule has 2 aliphatic heterocycles. The number of H-pyrrole nitrogens is 1. The first-order chi connectivity index (χ1) is 15.4. The summed E-state index contributed by atoms with van der Waals surface area (Å²) < 4.78 is 0. The second kappa shape index (κ2) is 7.91. The normalized spacial score (nSPS) is 21.9. The Morgan fingerprint density at radius 1 is 0.871 bits per heavy atom. The van der Waals surface area contributed by atoms with E-state index in [1.807, 2.05) is 0 Å². The predicted molar refractivity (Wildman–Crippen MR) is 124 cm³/mol. The zero-order chi connectivity index (χ0) is 20.6. The average Bonchev–Trinajstić information content (AvgIpc) is 3.29. The summed E-state index contributed by atoms with van der Waals surface area (Å²) in [5.41, 5.74) is 5.00. The molecule has 7 rings (SSSR count). The molecule has 2 aromatic carbocycles.